The first-order chi connectivity index (χ1) is 9.95. The highest BCUT2D eigenvalue weighted by Gasteiger charge is 2.30. The minimum atomic E-state index is -0.828. The van der Waals surface area contributed by atoms with Gasteiger partial charge in [0.1, 0.15) is 0 Å². The summed E-state index contributed by atoms with van der Waals surface area (Å²) in [5.41, 5.74) is 0.515. The van der Waals surface area contributed by atoms with Gasteiger partial charge in [-0.25, -0.2) is 0 Å². The molecule has 1 saturated carbocycles. The molecule has 1 aromatic rings. The van der Waals surface area contributed by atoms with Gasteiger partial charge in [0.2, 0.25) is 5.91 Å². The molecule has 2 atom stereocenters. The monoisotopic (exact) mass is 292 g/mol. The molecule has 1 aliphatic rings. The van der Waals surface area contributed by atoms with Gasteiger partial charge < -0.3 is 10.4 Å². The molecule has 1 fully saturated rings. The van der Waals surface area contributed by atoms with E-state index in [4.69, 9.17) is 5.11 Å². The van der Waals surface area contributed by atoms with Crippen molar-refractivity contribution in [2.24, 2.45) is 5.92 Å². The number of non-ortho nitro benzene ring substituents is 1. The third-order valence-corrected chi connectivity index (χ3v) is 3.63. The van der Waals surface area contributed by atoms with E-state index in [2.05, 4.69) is 5.32 Å². The van der Waals surface area contributed by atoms with Gasteiger partial charge in [0, 0.05) is 18.2 Å². The molecule has 0 bridgehead atoms. The molecule has 112 valence electrons. The van der Waals surface area contributed by atoms with Crippen LogP contribution in [0.25, 0.3) is 0 Å². The summed E-state index contributed by atoms with van der Waals surface area (Å²) in [6, 6.07) is 5.81. The molecule has 7 heteroatoms. The Balaban J connectivity index is 1.89. The lowest BCUT2D eigenvalue weighted by Crippen LogP contribution is -2.34. The van der Waals surface area contributed by atoms with Crippen LogP contribution in [-0.2, 0) is 16.0 Å². The number of nitrogens with zero attached hydrogens (tertiary/aromatic N) is 1. The molecule has 0 spiro atoms. The Bertz CT molecular complexity index is 572. The second-order valence-electron chi connectivity index (χ2n) is 5.22. The standard InChI is InChI=1S/C14H16N2O5/c17-13(15-11-5-4-10(8-11)14(18)19)7-9-2-1-3-12(6-9)16(20)21/h1-3,6,10-11H,4-5,7-8H2,(H,15,17)(H,18,19)/t10-,11+/m0/s1. The largest absolute Gasteiger partial charge is 0.481 e. The van der Waals surface area contributed by atoms with E-state index in [1.54, 1.807) is 6.07 Å². The molecule has 2 rings (SSSR count). The highest BCUT2D eigenvalue weighted by Crippen LogP contribution is 2.25. The normalized spacial score (nSPS) is 21.0. The van der Waals surface area contributed by atoms with E-state index in [1.165, 1.54) is 18.2 Å². The molecular weight excluding hydrogens is 276 g/mol. The fourth-order valence-electron chi connectivity index (χ4n) is 2.58. The summed E-state index contributed by atoms with van der Waals surface area (Å²) >= 11 is 0. The molecule has 2 N–H and O–H groups in total. The van der Waals surface area contributed by atoms with Crippen molar-refractivity contribution >= 4 is 17.6 Å². The Morgan fingerprint density at radius 3 is 2.76 bits per heavy atom. The fraction of sp³-hybridized carbons (Fsp3) is 0.429. The summed E-state index contributed by atoms with van der Waals surface area (Å²) < 4.78 is 0. The van der Waals surface area contributed by atoms with Gasteiger partial charge in [-0.1, -0.05) is 12.1 Å². The van der Waals surface area contributed by atoms with E-state index in [1.807, 2.05) is 0 Å². The average Bonchev–Trinajstić information content (AvgIpc) is 2.87. The van der Waals surface area contributed by atoms with Crippen LogP contribution in [0.4, 0.5) is 5.69 Å². The van der Waals surface area contributed by atoms with Gasteiger partial charge >= 0.3 is 5.97 Å². The van der Waals surface area contributed by atoms with Crippen LogP contribution in [0, 0.1) is 16.0 Å². The molecule has 1 aliphatic carbocycles. The average molecular weight is 292 g/mol. The predicted molar refractivity (Wildman–Crippen MR) is 73.7 cm³/mol. The Kier molecular flexibility index (Phi) is 4.52. The molecule has 0 heterocycles. The number of nitro groups is 1. The highest BCUT2D eigenvalue weighted by atomic mass is 16.6. The molecule has 1 aromatic carbocycles. The van der Waals surface area contributed by atoms with Crippen LogP contribution in [0.2, 0.25) is 0 Å². The molecule has 0 aromatic heterocycles. The van der Waals surface area contributed by atoms with Crippen molar-refractivity contribution in [3.05, 3.63) is 39.9 Å². The molecule has 21 heavy (non-hydrogen) atoms. The van der Waals surface area contributed by atoms with Crippen LogP contribution in [-0.4, -0.2) is 27.9 Å². The van der Waals surface area contributed by atoms with Crippen molar-refractivity contribution in [3.63, 3.8) is 0 Å². The fourth-order valence-corrected chi connectivity index (χ4v) is 2.58. The number of carbonyl (C=O) groups is 2. The second-order valence-corrected chi connectivity index (χ2v) is 5.22. The lowest BCUT2D eigenvalue weighted by molar-refractivity contribution is -0.384. The highest BCUT2D eigenvalue weighted by molar-refractivity contribution is 5.79. The Morgan fingerprint density at radius 1 is 1.38 bits per heavy atom. The minimum Gasteiger partial charge on any atom is -0.481 e. The first-order valence-corrected chi connectivity index (χ1v) is 6.71. The number of aliphatic carboxylic acids is 1. The van der Waals surface area contributed by atoms with Crippen molar-refractivity contribution in [1.82, 2.24) is 5.32 Å². The van der Waals surface area contributed by atoms with E-state index in [9.17, 15) is 19.7 Å². The van der Waals surface area contributed by atoms with Gasteiger partial charge in [0.05, 0.1) is 17.3 Å². The van der Waals surface area contributed by atoms with E-state index < -0.39 is 16.8 Å². The number of benzene rings is 1. The number of hydrogen-bond donors (Lipinski definition) is 2. The lowest BCUT2D eigenvalue weighted by atomic mass is 10.1. The maximum Gasteiger partial charge on any atom is 0.306 e. The summed E-state index contributed by atoms with van der Waals surface area (Å²) in [6.07, 6.45) is 1.71. The summed E-state index contributed by atoms with van der Waals surface area (Å²) in [4.78, 5) is 32.9. The van der Waals surface area contributed by atoms with Crippen LogP contribution in [0.5, 0.6) is 0 Å². The Hall–Kier alpha value is -2.44. The summed E-state index contributed by atoms with van der Waals surface area (Å²) in [6.45, 7) is 0. The third-order valence-electron chi connectivity index (χ3n) is 3.63. The van der Waals surface area contributed by atoms with Crippen LogP contribution >= 0.6 is 0 Å². The van der Waals surface area contributed by atoms with Crippen LogP contribution < -0.4 is 5.32 Å². The van der Waals surface area contributed by atoms with Crippen molar-refractivity contribution in [2.45, 2.75) is 31.7 Å². The molecule has 0 aliphatic heterocycles. The van der Waals surface area contributed by atoms with Crippen molar-refractivity contribution < 1.29 is 19.6 Å². The van der Waals surface area contributed by atoms with Gasteiger partial charge in [-0.05, 0) is 24.8 Å². The van der Waals surface area contributed by atoms with Gasteiger partial charge in [0.15, 0.2) is 0 Å². The van der Waals surface area contributed by atoms with E-state index >= 15 is 0 Å². The quantitative estimate of drug-likeness (QED) is 0.631. The number of hydrogen-bond acceptors (Lipinski definition) is 4. The molecule has 0 radical (unpaired) electrons. The SMILES string of the molecule is O=C(Cc1cccc([N+](=O)[O-])c1)N[C@@H]1CC[C@H](C(=O)O)C1. The molecule has 7 nitrogen and oxygen atoms in total. The zero-order valence-corrected chi connectivity index (χ0v) is 11.3. The molecular formula is C14H16N2O5. The lowest BCUT2D eigenvalue weighted by Gasteiger charge is -2.12. The second kappa shape index (κ2) is 6.34. The van der Waals surface area contributed by atoms with Crippen LogP contribution in [0.3, 0.4) is 0 Å². The topological polar surface area (TPSA) is 110 Å². The molecule has 0 saturated heterocycles. The van der Waals surface area contributed by atoms with Gasteiger partial charge in [-0.3, -0.25) is 19.7 Å². The first-order valence-electron chi connectivity index (χ1n) is 6.71. The van der Waals surface area contributed by atoms with E-state index in [0.29, 0.717) is 24.8 Å². The number of rotatable bonds is 5. The number of carbonyl (C=O) groups excluding carboxylic acids is 1. The van der Waals surface area contributed by atoms with Gasteiger partial charge in [-0.2, -0.15) is 0 Å². The van der Waals surface area contributed by atoms with Crippen LogP contribution in [0.1, 0.15) is 24.8 Å². The maximum absolute atomic E-state index is 11.9. The van der Waals surface area contributed by atoms with Crippen molar-refractivity contribution in [2.75, 3.05) is 0 Å². The minimum absolute atomic E-state index is 0.0490. The number of amides is 1. The maximum atomic E-state index is 11.9. The molecule has 0 unspecified atom stereocenters. The zero-order chi connectivity index (χ0) is 15.4. The van der Waals surface area contributed by atoms with E-state index in [0.717, 1.165) is 0 Å². The Labute approximate surface area is 121 Å². The van der Waals surface area contributed by atoms with Crippen molar-refractivity contribution in [3.8, 4) is 0 Å². The number of nitrogens with one attached hydrogen (secondary N) is 1. The number of carboxylic acids is 1. The Morgan fingerprint density at radius 2 is 2.14 bits per heavy atom. The predicted octanol–water partition coefficient (Wildman–Crippen LogP) is 1.51. The number of carboxylic acid groups (broad SMARTS) is 1. The summed E-state index contributed by atoms with van der Waals surface area (Å²) in [5, 5.41) is 22.4. The van der Waals surface area contributed by atoms with Crippen LogP contribution in [0.15, 0.2) is 24.3 Å². The summed E-state index contributed by atoms with van der Waals surface area (Å²) in [7, 11) is 0. The molecule has 1 amide bonds. The van der Waals surface area contributed by atoms with Gasteiger partial charge in [-0.15, -0.1) is 0 Å². The first kappa shape index (κ1) is 15.0. The zero-order valence-electron chi connectivity index (χ0n) is 11.3. The third kappa shape index (κ3) is 4.01. The van der Waals surface area contributed by atoms with Gasteiger partial charge in [0.25, 0.3) is 5.69 Å². The van der Waals surface area contributed by atoms with E-state index in [-0.39, 0.29) is 24.1 Å². The smallest absolute Gasteiger partial charge is 0.306 e. The summed E-state index contributed by atoms with van der Waals surface area (Å²) in [5.74, 6) is -1.47. The van der Waals surface area contributed by atoms with Crippen molar-refractivity contribution in [1.29, 1.82) is 0 Å². The number of nitro benzene ring substituents is 1.